The van der Waals surface area contributed by atoms with Gasteiger partial charge in [-0.25, -0.2) is 9.97 Å². The molecule has 0 atom stereocenters. The Bertz CT molecular complexity index is 372. The summed E-state index contributed by atoms with van der Waals surface area (Å²) in [5.74, 6) is 1.84. The molecule has 0 fully saturated rings. The quantitative estimate of drug-likeness (QED) is 0.553. The molecule has 1 aromatic heterocycles. The SMILES string of the molecule is CCCCOCCCNc1cc(Cl)nc(C(C)C)n1. The van der Waals surface area contributed by atoms with Crippen LogP contribution in [-0.4, -0.2) is 29.7 Å². The minimum atomic E-state index is 0.275. The van der Waals surface area contributed by atoms with Gasteiger partial charge in [-0.2, -0.15) is 0 Å². The molecule has 0 amide bonds. The molecule has 1 N–H and O–H groups in total. The zero-order valence-electron chi connectivity index (χ0n) is 12.1. The smallest absolute Gasteiger partial charge is 0.135 e. The Labute approximate surface area is 120 Å². The van der Waals surface area contributed by atoms with Gasteiger partial charge in [0, 0.05) is 31.7 Å². The molecule has 4 nitrogen and oxygen atoms in total. The van der Waals surface area contributed by atoms with Crippen LogP contribution in [0.5, 0.6) is 0 Å². The summed E-state index contributed by atoms with van der Waals surface area (Å²) in [5, 5.41) is 3.74. The number of aromatic nitrogens is 2. The van der Waals surface area contributed by atoms with Gasteiger partial charge in [0.2, 0.25) is 0 Å². The second-order valence-electron chi connectivity index (χ2n) is 4.84. The fourth-order valence-corrected chi connectivity index (χ4v) is 1.71. The Morgan fingerprint density at radius 2 is 2.00 bits per heavy atom. The van der Waals surface area contributed by atoms with E-state index in [2.05, 4.69) is 36.1 Å². The van der Waals surface area contributed by atoms with Crippen LogP contribution in [0.15, 0.2) is 6.07 Å². The van der Waals surface area contributed by atoms with Crippen LogP contribution in [0, 0.1) is 0 Å². The van der Waals surface area contributed by atoms with Crippen LogP contribution in [0.3, 0.4) is 0 Å². The fraction of sp³-hybridized carbons (Fsp3) is 0.714. The lowest BCUT2D eigenvalue weighted by Gasteiger charge is -2.09. The number of hydrogen-bond acceptors (Lipinski definition) is 4. The van der Waals surface area contributed by atoms with Crippen molar-refractivity contribution in [2.24, 2.45) is 0 Å². The zero-order valence-corrected chi connectivity index (χ0v) is 12.8. The predicted octanol–water partition coefficient (Wildman–Crippen LogP) is 3.87. The lowest BCUT2D eigenvalue weighted by molar-refractivity contribution is 0.131. The third-order valence-electron chi connectivity index (χ3n) is 2.64. The third-order valence-corrected chi connectivity index (χ3v) is 2.84. The third kappa shape index (κ3) is 6.73. The van der Waals surface area contributed by atoms with Gasteiger partial charge in [0.25, 0.3) is 0 Å². The molecule has 0 aliphatic rings. The fourth-order valence-electron chi connectivity index (χ4n) is 1.52. The number of nitrogens with one attached hydrogen (secondary N) is 1. The molecule has 0 aromatic carbocycles. The van der Waals surface area contributed by atoms with Crippen molar-refractivity contribution in [1.82, 2.24) is 9.97 Å². The van der Waals surface area contributed by atoms with Crippen LogP contribution in [0.25, 0.3) is 0 Å². The average molecular weight is 286 g/mol. The highest BCUT2D eigenvalue weighted by Crippen LogP contribution is 2.16. The largest absolute Gasteiger partial charge is 0.381 e. The molecule has 1 aromatic rings. The molecule has 19 heavy (non-hydrogen) atoms. The number of halogens is 1. The van der Waals surface area contributed by atoms with Crippen LogP contribution in [-0.2, 0) is 4.74 Å². The number of nitrogens with zero attached hydrogens (tertiary/aromatic N) is 2. The Morgan fingerprint density at radius 3 is 2.68 bits per heavy atom. The summed E-state index contributed by atoms with van der Waals surface area (Å²) in [5.41, 5.74) is 0. The van der Waals surface area contributed by atoms with E-state index < -0.39 is 0 Å². The second-order valence-corrected chi connectivity index (χ2v) is 5.22. The normalized spacial score (nSPS) is 11.0. The van der Waals surface area contributed by atoms with Gasteiger partial charge >= 0.3 is 0 Å². The van der Waals surface area contributed by atoms with Crippen LogP contribution >= 0.6 is 11.6 Å². The minimum absolute atomic E-state index is 0.275. The molecule has 5 heteroatoms. The van der Waals surface area contributed by atoms with Crippen molar-refractivity contribution < 1.29 is 4.74 Å². The average Bonchev–Trinajstić information content (AvgIpc) is 2.37. The Balaban J connectivity index is 2.29. The van der Waals surface area contributed by atoms with Crippen molar-refractivity contribution in [2.75, 3.05) is 25.1 Å². The Hall–Kier alpha value is -0.870. The van der Waals surface area contributed by atoms with Crippen molar-refractivity contribution in [3.63, 3.8) is 0 Å². The maximum Gasteiger partial charge on any atom is 0.135 e. The predicted molar refractivity (Wildman–Crippen MR) is 80.0 cm³/mol. The summed E-state index contributed by atoms with van der Waals surface area (Å²) in [6, 6.07) is 1.76. The molecular weight excluding hydrogens is 262 g/mol. The van der Waals surface area contributed by atoms with Crippen LogP contribution in [0.1, 0.15) is 51.8 Å². The molecule has 0 saturated heterocycles. The minimum Gasteiger partial charge on any atom is -0.381 e. The summed E-state index contributed by atoms with van der Waals surface area (Å²) in [4.78, 5) is 8.63. The van der Waals surface area contributed by atoms with Gasteiger partial charge in [-0.1, -0.05) is 38.8 Å². The van der Waals surface area contributed by atoms with Gasteiger partial charge in [-0.05, 0) is 12.8 Å². The Kier molecular flexibility index (Phi) is 7.75. The van der Waals surface area contributed by atoms with E-state index in [0.717, 1.165) is 44.2 Å². The maximum absolute atomic E-state index is 5.98. The highest BCUT2D eigenvalue weighted by Gasteiger charge is 2.06. The lowest BCUT2D eigenvalue weighted by atomic mass is 10.2. The van der Waals surface area contributed by atoms with E-state index in [4.69, 9.17) is 16.3 Å². The van der Waals surface area contributed by atoms with Crippen molar-refractivity contribution >= 4 is 17.4 Å². The second kappa shape index (κ2) is 9.10. The summed E-state index contributed by atoms with van der Waals surface area (Å²) >= 11 is 5.98. The van der Waals surface area contributed by atoms with Crippen molar-refractivity contribution in [2.45, 2.75) is 46.0 Å². The molecule has 108 valence electrons. The number of anilines is 1. The van der Waals surface area contributed by atoms with E-state index in [9.17, 15) is 0 Å². The molecule has 1 rings (SSSR count). The molecule has 0 aliphatic heterocycles. The number of rotatable bonds is 9. The molecule has 0 bridgehead atoms. The first-order valence-corrected chi connectivity index (χ1v) is 7.37. The van der Waals surface area contributed by atoms with Crippen LogP contribution in [0.2, 0.25) is 5.15 Å². The standard InChI is InChI=1S/C14H24ClN3O/c1-4-5-8-19-9-6-7-16-13-10-12(15)17-14(18-13)11(2)3/h10-11H,4-9H2,1-3H3,(H,16,17,18). The summed E-state index contributed by atoms with van der Waals surface area (Å²) in [7, 11) is 0. The van der Waals surface area contributed by atoms with Gasteiger partial charge in [-0.15, -0.1) is 0 Å². The molecular formula is C14H24ClN3O. The van der Waals surface area contributed by atoms with Crippen molar-refractivity contribution in [1.29, 1.82) is 0 Å². The molecule has 0 aliphatic carbocycles. The molecule has 0 saturated carbocycles. The van der Waals surface area contributed by atoms with Crippen molar-refractivity contribution in [3.05, 3.63) is 17.0 Å². The molecule has 0 unspecified atom stereocenters. The topological polar surface area (TPSA) is 47.0 Å². The van der Waals surface area contributed by atoms with E-state index in [1.165, 1.54) is 6.42 Å². The number of ether oxygens (including phenoxy) is 1. The van der Waals surface area contributed by atoms with Crippen LogP contribution < -0.4 is 5.32 Å². The summed E-state index contributed by atoms with van der Waals surface area (Å²) < 4.78 is 5.50. The zero-order chi connectivity index (χ0) is 14.1. The van der Waals surface area contributed by atoms with E-state index in [1.807, 2.05) is 0 Å². The lowest BCUT2D eigenvalue weighted by Crippen LogP contribution is -2.09. The molecule has 1 heterocycles. The van der Waals surface area contributed by atoms with E-state index >= 15 is 0 Å². The van der Waals surface area contributed by atoms with E-state index in [1.54, 1.807) is 6.07 Å². The van der Waals surface area contributed by atoms with E-state index in [-0.39, 0.29) is 5.92 Å². The highest BCUT2D eigenvalue weighted by atomic mass is 35.5. The summed E-state index contributed by atoms with van der Waals surface area (Å²) in [6.07, 6.45) is 3.27. The van der Waals surface area contributed by atoms with E-state index in [0.29, 0.717) is 5.15 Å². The first-order valence-electron chi connectivity index (χ1n) is 6.99. The Morgan fingerprint density at radius 1 is 1.26 bits per heavy atom. The van der Waals surface area contributed by atoms with Gasteiger partial charge in [0.15, 0.2) is 0 Å². The maximum atomic E-state index is 5.98. The van der Waals surface area contributed by atoms with Gasteiger partial charge in [0.05, 0.1) is 0 Å². The molecule has 0 spiro atoms. The molecule has 0 radical (unpaired) electrons. The summed E-state index contributed by atoms with van der Waals surface area (Å²) in [6.45, 7) is 8.73. The highest BCUT2D eigenvalue weighted by molar-refractivity contribution is 6.29. The monoisotopic (exact) mass is 285 g/mol. The van der Waals surface area contributed by atoms with Gasteiger partial charge in [-0.3, -0.25) is 0 Å². The van der Waals surface area contributed by atoms with Gasteiger partial charge < -0.3 is 10.1 Å². The first kappa shape index (κ1) is 16.2. The van der Waals surface area contributed by atoms with Crippen molar-refractivity contribution in [3.8, 4) is 0 Å². The number of hydrogen-bond donors (Lipinski definition) is 1. The van der Waals surface area contributed by atoms with Gasteiger partial charge in [0.1, 0.15) is 16.8 Å². The number of unbranched alkanes of at least 4 members (excludes halogenated alkanes) is 1. The van der Waals surface area contributed by atoms with Crippen LogP contribution in [0.4, 0.5) is 5.82 Å². The first-order chi connectivity index (χ1) is 9.13.